The average molecular weight is 365 g/mol. The molecule has 2 fully saturated rings. The first-order valence-electron chi connectivity index (χ1n) is 8.75. The summed E-state index contributed by atoms with van der Waals surface area (Å²) in [6, 6.07) is 0. The van der Waals surface area contributed by atoms with Crippen LogP contribution in [0.25, 0.3) is 0 Å². The van der Waals surface area contributed by atoms with Gasteiger partial charge in [-0.3, -0.25) is 9.59 Å². The number of nitrogens with zero attached hydrogens (tertiary/aromatic N) is 2. The highest BCUT2D eigenvalue weighted by Gasteiger charge is 2.39. The lowest BCUT2D eigenvalue weighted by Crippen LogP contribution is -2.50. The van der Waals surface area contributed by atoms with Gasteiger partial charge in [-0.1, -0.05) is 0 Å². The molecular weight excluding hydrogens is 339 g/mol. The van der Waals surface area contributed by atoms with Crippen molar-refractivity contribution in [3.8, 4) is 0 Å². The molecule has 0 saturated carbocycles. The summed E-state index contributed by atoms with van der Waals surface area (Å²) in [5, 5.41) is 0. The number of alkyl halides is 3. The number of carbonyl (C=O) groups is 2. The summed E-state index contributed by atoms with van der Waals surface area (Å²) in [5.74, 6) is -1.32. The van der Waals surface area contributed by atoms with Crippen molar-refractivity contribution < 1.29 is 27.5 Å². The Bertz CT molecular complexity index is 487. The molecule has 2 rings (SSSR count). The van der Waals surface area contributed by atoms with Crippen LogP contribution in [-0.2, 0) is 14.3 Å². The third-order valence-electron chi connectivity index (χ3n) is 4.79. The number of hydrogen-bond donors (Lipinski definition) is 1. The van der Waals surface area contributed by atoms with Crippen LogP contribution in [0.4, 0.5) is 13.2 Å². The van der Waals surface area contributed by atoms with Crippen LogP contribution in [0.2, 0.25) is 0 Å². The molecule has 25 heavy (non-hydrogen) atoms. The number of likely N-dealkylation sites (tertiary alicyclic amines) is 1. The zero-order valence-corrected chi connectivity index (χ0v) is 14.4. The number of halogens is 3. The third kappa shape index (κ3) is 5.31. The zero-order valence-electron chi connectivity index (χ0n) is 14.4. The molecule has 0 radical (unpaired) electrons. The molecule has 144 valence electrons. The molecule has 0 aromatic heterocycles. The summed E-state index contributed by atoms with van der Waals surface area (Å²) in [5.41, 5.74) is 5.54. The van der Waals surface area contributed by atoms with E-state index in [0.717, 1.165) is 11.3 Å². The molecule has 0 aliphatic carbocycles. The lowest BCUT2D eigenvalue weighted by Gasteiger charge is -2.36. The van der Waals surface area contributed by atoms with Gasteiger partial charge >= 0.3 is 6.18 Å². The fraction of sp³-hybridized carbons (Fsp3) is 0.875. The highest BCUT2D eigenvalue weighted by atomic mass is 19.4. The van der Waals surface area contributed by atoms with E-state index in [1.54, 1.807) is 4.90 Å². The Morgan fingerprint density at radius 1 is 1.28 bits per heavy atom. The molecule has 0 spiro atoms. The van der Waals surface area contributed by atoms with Crippen LogP contribution in [0.3, 0.4) is 0 Å². The molecule has 0 aromatic rings. The molecule has 2 heterocycles. The van der Waals surface area contributed by atoms with E-state index in [2.05, 4.69) is 0 Å². The number of rotatable bonds is 5. The average Bonchev–Trinajstić information content (AvgIpc) is 3.07. The summed E-state index contributed by atoms with van der Waals surface area (Å²) in [7, 11) is 0. The largest absolute Gasteiger partial charge is 0.406 e. The molecule has 0 bridgehead atoms. The molecule has 2 aliphatic rings. The van der Waals surface area contributed by atoms with E-state index in [0.29, 0.717) is 32.4 Å². The highest BCUT2D eigenvalue weighted by molar-refractivity contribution is 5.83. The summed E-state index contributed by atoms with van der Waals surface area (Å²) in [4.78, 5) is 27.4. The standard InChI is InChI=1S/C16H26F3N3O3/c1-2-21(10-16(17,18)19)14(23)11-4-3-7-22(9-11)15(24)13-6-5-12(8-20)25-13/h11-13H,2-10,20H2,1H3/t11?,12-,13+/m1/s1. The van der Waals surface area contributed by atoms with Crippen molar-refractivity contribution in [2.45, 2.75) is 51.0 Å². The summed E-state index contributed by atoms with van der Waals surface area (Å²) in [6.45, 7) is 1.27. The molecule has 2 N–H and O–H groups in total. The minimum Gasteiger partial charge on any atom is -0.364 e. The van der Waals surface area contributed by atoms with E-state index < -0.39 is 30.7 Å². The Balaban J connectivity index is 1.95. The van der Waals surface area contributed by atoms with Crippen LogP contribution >= 0.6 is 0 Å². The normalized spacial score (nSPS) is 27.4. The number of piperidine rings is 1. The van der Waals surface area contributed by atoms with Crippen LogP contribution in [0.5, 0.6) is 0 Å². The Kier molecular flexibility index (Phi) is 6.67. The minimum absolute atomic E-state index is 0.00724. The Morgan fingerprint density at radius 3 is 2.56 bits per heavy atom. The van der Waals surface area contributed by atoms with Crippen LogP contribution in [0.1, 0.15) is 32.6 Å². The SMILES string of the molecule is CCN(CC(F)(F)F)C(=O)C1CCCN(C(=O)[C@@H]2CC[C@H](CN)O2)C1. The van der Waals surface area contributed by atoms with Gasteiger partial charge in [0.25, 0.3) is 5.91 Å². The van der Waals surface area contributed by atoms with Crippen LogP contribution in [0, 0.1) is 5.92 Å². The van der Waals surface area contributed by atoms with E-state index in [1.165, 1.54) is 6.92 Å². The number of hydrogen-bond acceptors (Lipinski definition) is 4. The number of amides is 2. The van der Waals surface area contributed by atoms with Gasteiger partial charge in [-0.15, -0.1) is 0 Å². The van der Waals surface area contributed by atoms with Gasteiger partial charge in [0.1, 0.15) is 12.6 Å². The number of nitrogens with two attached hydrogens (primary N) is 1. The Hall–Kier alpha value is -1.35. The Labute approximate surface area is 145 Å². The van der Waals surface area contributed by atoms with Gasteiger partial charge in [0.05, 0.1) is 12.0 Å². The fourth-order valence-corrected chi connectivity index (χ4v) is 3.46. The van der Waals surface area contributed by atoms with Crippen LogP contribution < -0.4 is 5.73 Å². The molecular formula is C16H26F3N3O3. The molecule has 0 aromatic carbocycles. The molecule has 2 saturated heterocycles. The monoisotopic (exact) mass is 365 g/mol. The van der Waals surface area contributed by atoms with Gasteiger partial charge in [-0.2, -0.15) is 13.2 Å². The van der Waals surface area contributed by atoms with Crippen molar-refractivity contribution in [2.75, 3.05) is 32.7 Å². The van der Waals surface area contributed by atoms with Crippen LogP contribution in [-0.4, -0.2) is 72.7 Å². The van der Waals surface area contributed by atoms with Crippen molar-refractivity contribution in [3.05, 3.63) is 0 Å². The van der Waals surface area contributed by atoms with Crippen LogP contribution in [0.15, 0.2) is 0 Å². The highest BCUT2D eigenvalue weighted by Crippen LogP contribution is 2.26. The third-order valence-corrected chi connectivity index (χ3v) is 4.79. The first-order valence-corrected chi connectivity index (χ1v) is 8.75. The van der Waals surface area contributed by atoms with Gasteiger partial charge in [-0.25, -0.2) is 0 Å². The van der Waals surface area contributed by atoms with E-state index in [4.69, 9.17) is 10.5 Å². The van der Waals surface area contributed by atoms with Crippen molar-refractivity contribution in [2.24, 2.45) is 11.7 Å². The second-order valence-electron chi connectivity index (χ2n) is 6.65. The van der Waals surface area contributed by atoms with Gasteiger partial charge < -0.3 is 20.3 Å². The maximum Gasteiger partial charge on any atom is 0.406 e. The molecule has 2 aliphatic heterocycles. The first kappa shape index (κ1) is 20.0. The molecule has 3 atom stereocenters. The van der Waals surface area contributed by atoms with Gasteiger partial charge in [-0.05, 0) is 32.6 Å². The smallest absolute Gasteiger partial charge is 0.364 e. The molecule has 6 nitrogen and oxygen atoms in total. The minimum atomic E-state index is -4.43. The topological polar surface area (TPSA) is 75.9 Å². The second-order valence-corrected chi connectivity index (χ2v) is 6.65. The molecule has 1 unspecified atom stereocenters. The van der Waals surface area contributed by atoms with Crippen molar-refractivity contribution in [1.29, 1.82) is 0 Å². The Morgan fingerprint density at radius 2 is 2.00 bits per heavy atom. The van der Waals surface area contributed by atoms with Gasteiger partial charge in [0, 0.05) is 26.2 Å². The fourth-order valence-electron chi connectivity index (χ4n) is 3.46. The summed E-state index contributed by atoms with van der Waals surface area (Å²) in [6.07, 6.45) is -2.71. The van der Waals surface area contributed by atoms with E-state index >= 15 is 0 Å². The number of carbonyl (C=O) groups excluding carboxylic acids is 2. The van der Waals surface area contributed by atoms with Crippen molar-refractivity contribution in [3.63, 3.8) is 0 Å². The lowest BCUT2D eigenvalue weighted by molar-refractivity contribution is -0.165. The van der Waals surface area contributed by atoms with Gasteiger partial charge in [0.15, 0.2) is 0 Å². The lowest BCUT2D eigenvalue weighted by atomic mass is 9.95. The summed E-state index contributed by atoms with van der Waals surface area (Å²) < 4.78 is 43.4. The quantitative estimate of drug-likeness (QED) is 0.793. The van der Waals surface area contributed by atoms with Crippen molar-refractivity contribution >= 4 is 11.8 Å². The zero-order chi connectivity index (χ0) is 18.6. The van der Waals surface area contributed by atoms with Crippen molar-refractivity contribution in [1.82, 2.24) is 9.80 Å². The molecule has 9 heteroatoms. The van der Waals surface area contributed by atoms with E-state index in [9.17, 15) is 22.8 Å². The maximum absolute atomic E-state index is 12.6. The van der Waals surface area contributed by atoms with Gasteiger partial charge in [0.2, 0.25) is 5.91 Å². The first-order chi connectivity index (χ1) is 11.7. The van der Waals surface area contributed by atoms with E-state index in [-0.39, 0.29) is 25.1 Å². The predicted octanol–water partition coefficient (Wildman–Crippen LogP) is 1.14. The number of ether oxygens (including phenoxy) is 1. The maximum atomic E-state index is 12.6. The predicted molar refractivity (Wildman–Crippen MR) is 84.6 cm³/mol. The molecule has 2 amide bonds. The van der Waals surface area contributed by atoms with E-state index in [1.807, 2.05) is 0 Å². The summed E-state index contributed by atoms with van der Waals surface area (Å²) >= 11 is 0. The second kappa shape index (κ2) is 8.35.